The third kappa shape index (κ3) is 3.82. The second-order valence-electron chi connectivity index (χ2n) is 5.75. The lowest BCUT2D eigenvalue weighted by Gasteiger charge is -2.05. The molecule has 6 heteroatoms. The Morgan fingerprint density at radius 1 is 1.46 bits per heavy atom. The normalized spacial score (nSPS) is 19.0. The molecule has 1 aliphatic carbocycles. The smallest absolute Gasteiger partial charge is 0.277 e. The minimum atomic E-state index is -0.415. The van der Waals surface area contributed by atoms with Crippen LogP contribution in [0, 0.1) is 17.2 Å². The maximum atomic E-state index is 11.7. The van der Waals surface area contributed by atoms with Gasteiger partial charge in [0.15, 0.2) is 6.61 Å². The summed E-state index contributed by atoms with van der Waals surface area (Å²) in [5.41, 5.74) is 2.75. The SMILES string of the molecule is C[C@H]1C[C@@H]1c1ccc(/C=N\NC(=O)COc2ccccc2C#N)o1. The van der Waals surface area contributed by atoms with Crippen molar-refractivity contribution in [2.24, 2.45) is 11.0 Å². The van der Waals surface area contributed by atoms with Gasteiger partial charge in [-0.3, -0.25) is 4.79 Å². The Morgan fingerprint density at radius 3 is 3.00 bits per heavy atom. The molecule has 0 spiro atoms. The highest BCUT2D eigenvalue weighted by Gasteiger charge is 2.36. The molecule has 0 saturated heterocycles. The number of hydrogen-bond acceptors (Lipinski definition) is 5. The van der Waals surface area contributed by atoms with Crippen LogP contribution < -0.4 is 10.2 Å². The average Bonchev–Trinajstić information content (AvgIpc) is 3.14. The van der Waals surface area contributed by atoms with E-state index in [-0.39, 0.29) is 6.61 Å². The molecule has 1 aromatic carbocycles. The molecule has 24 heavy (non-hydrogen) atoms. The van der Waals surface area contributed by atoms with E-state index in [0.29, 0.717) is 28.9 Å². The number of nitrogens with one attached hydrogen (secondary N) is 1. The van der Waals surface area contributed by atoms with E-state index in [0.717, 1.165) is 12.2 Å². The van der Waals surface area contributed by atoms with Crippen molar-refractivity contribution in [3.63, 3.8) is 0 Å². The van der Waals surface area contributed by atoms with Gasteiger partial charge in [0.05, 0.1) is 11.8 Å². The molecular formula is C18H17N3O3. The van der Waals surface area contributed by atoms with E-state index >= 15 is 0 Å². The number of amides is 1. The first kappa shape index (κ1) is 15.8. The summed E-state index contributed by atoms with van der Waals surface area (Å²) in [7, 11) is 0. The van der Waals surface area contributed by atoms with Crippen molar-refractivity contribution in [3.8, 4) is 11.8 Å². The second-order valence-corrected chi connectivity index (χ2v) is 5.75. The quantitative estimate of drug-likeness (QED) is 0.654. The van der Waals surface area contributed by atoms with Crippen molar-refractivity contribution in [3.05, 3.63) is 53.5 Å². The molecule has 6 nitrogen and oxygen atoms in total. The molecule has 1 N–H and O–H groups in total. The van der Waals surface area contributed by atoms with Gasteiger partial charge in [-0.25, -0.2) is 5.43 Å². The third-order valence-corrected chi connectivity index (χ3v) is 3.87. The molecule has 1 aromatic heterocycles. The van der Waals surface area contributed by atoms with E-state index in [9.17, 15) is 4.79 Å². The van der Waals surface area contributed by atoms with Gasteiger partial charge in [0, 0.05) is 5.92 Å². The zero-order chi connectivity index (χ0) is 16.9. The van der Waals surface area contributed by atoms with Crippen LogP contribution in [0.5, 0.6) is 5.75 Å². The lowest BCUT2D eigenvalue weighted by molar-refractivity contribution is -0.123. The Hall–Kier alpha value is -3.07. The number of nitriles is 1. The third-order valence-electron chi connectivity index (χ3n) is 3.87. The van der Waals surface area contributed by atoms with E-state index in [1.807, 2.05) is 18.2 Å². The van der Waals surface area contributed by atoms with Gasteiger partial charge in [-0.05, 0) is 36.6 Å². The molecular weight excluding hydrogens is 306 g/mol. The number of furan rings is 1. The zero-order valence-electron chi connectivity index (χ0n) is 13.2. The van der Waals surface area contributed by atoms with E-state index in [1.165, 1.54) is 6.21 Å². The van der Waals surface area contributed by atoms with Crippen LogP contribution in [0.15, 0.2) is 45.9 Å². The number of carbonyl (C=O) groups is 1. The van der Waals surface area contributed by atoms with Crippen molar-refractivity contribution >= 4 is 12.1 Å². The number of benzene rings is 1. The fourth-order valence-corrected chi connectivity index (χ4v) is 2.38. The minimum Gasteiger partial charge on any atom is -0.482 e. The summed E-state index contributed by atoms with van der Waals surface area (Å²) in [4.78, 5) is 11.7. The van der Waals surface area contributed by atoms with E-state index < -0.39 is 5.91 Å². The summed E-state index contributed by atoms with van der Waals surface area (Å²) in [5.74, 6) is 2.70. The fraction of sp³-hybridized carbons (Fsp3) is 0.278. The molecule has 1 amide bonds. The topological polar surface area (TPSA) is 87.6 Å². The van der Waals surface area contributed by atoms with Crippen LogP contribution in [-0.4, -0.2) is 18.7 Å². The number of hydrazone groups is 1. The highest BCUT2D eigenvalue weighted by molar-refractivity contribution is 5.81. The fourth-order valence-electron chi connectivity index (χ4n) is 2.38. The van der Waals surface area contributed by atoms with Crippen LogP contribution in [0.1, 0.15) is 36.3 Å². The molecule has 0 aliphatic heterocycles. The van der Waals surface area contributed by atoms with Gasteiger partial charge in [0.25, 0.3) is 5.91 Å². The van der Waals surface area contributed by atoms with Gasteiger partial charge >= 0.3 is 0 Å². The van der Waals surface area contributed by atoms with Gasteiger partial charge in [0.1, 0.15) is 23.3 Å². The van der Waals surface area contributed by atoms with Gasteiger partial charge < -0.3 is 9.15 Å². The highest BCUT2D eigenvalue weighted by Crippen LogP contribution is 2.47. The molecule has 122 valence electrons. The van der Waals surface area contributed by atoms with Crippen LogP contribution in [0.2, 0.25) is 0 Å². The van der Waals surface area contributed by atoms with Crippen LogP contribution in [0.3, 0.4) is 0 Å². The van der Waals surface area contributed by atoms with E-state index in [4.69, 9.17) is 14.4 Å². The van der Waals surface area contributed by atoms with Crippen LogP contribution in [0.25, 0.3) is 0 Å². The lowest BCUT2D eigenvalue weighted by atomic mass is 10.2. The van der Waals surface area contributed by atoms with Crippen molar-refractivity contribution < 1.29 is 13.9 Å². The lowest BCUT2D eigenvalue weighted by Crippen LogP contribution is -2.24. The van der Waals surface area contributed by atoms with Crippen molar-refractivity contribution in [2.45, 2.75) is 19.3 Å². The molecule has 0 radical (unpaired) electrons. The van der Waals surface area contributed by atoms with Gasteiger partial charge in [-0.15, -0.1) is 0 Å². The molecule has 1 fully saturated rings. The molecule has 0 unspecified atom stereocenters. The summed E-state index contributed by atoms with van der Waals surface area (Å²) in [6, 6.07) is 12.5. The minimum absolute atomic E-state index is 0.223. The summed E-state index contributed by atoms with van der Waals surface area (Å²) in [5, 5.41) is 12.8. The van der Waals surface area contributed by atoms with Crippen molar-refractivity contribution in [1.29, 1.82) is 5.26 Å². The maximum absolute atomic E-state index is 11.7. The van der Waals surface area contributed by atoms with Crippen LogP contribution >= 0.6 is 0 Å². The number of ether oxygens (including phenoxy) is 1. The first-order valence-corrected chi connectivity index (χ1v) is 7.71. The average molecular weight is 323 g/mol. The maximum Gasteiger partial charge on any atom is 0.277 e. The Bertz CT molecular complexity index is 804. The number of para-hydroxylation sites is 1. The second kappa shape index (κ2) is 7.01. The van der Waals surface area contributed by atoms with Crippen molar-refractivity contribution in [1.82, 2.24) is 5.43 Å². The summed E-state index contributed by atoms with van der Waals surface area (Å²) in [6.07, 6.45) is 2.61. The first-order valence-electron chi connectivity index (χ1n) is 7.71. The molecule has 1 aliphatic rings. The molecule has 2 aromatic rings. The molecule has 1 heterocycles. The van der Waals surface area contributed by atoms with Gasteiger partial charge in [-0.1, -0.05) is 19.1 Å². The predicted molar refractivity (Wildman–Crippen MR) is 87.6 cm³/mol. The zero-order valence-corrected chi connectivity index (χ0v) is 13.2. The predicted octanol–water partition coefficient (Wildman–Crippen LogP) is 2.80. The largest absolute Gasteiger partial charge is 0.482 e. The monoisotopic (exact) mass is 323 g/mol. The molecule has 2 atom stereocenters. The Kier molecular flexibility index (Phi) is 4.62. The number of nitrogens with zero attached hydrogens (tertiary/aromatic N) is 2. The van der Waals surface area contributed by atoms with Gasteiger partial charge in [-0.2, -0.15) is 10.4 Å². The number of rotatable bonds is 6. The first-order chi connectivity index (χ1) is 11.7. The molecule has 3 rings (SSSR count). The molecule has 0 bridgehead atoms. The van der Waals surface area contributed by atoms with Crippen LogP contribution in [-0.2, 0) is 4.79 Å². The Morgan fingerprint density at radius 2 is 2.25 bits per heavy atom. The van der Waals surface area contributed by atoms with E-state index in [1.54, 1.807) is 24.3 Å². The Labute approximate surface area is 139 Å². The molecule has 1 saturated carbocycles. The standard InChI is InChI=1S/C18H17N3O3/c1-12-8-15(12)17-7-6-14(24-17)10-20-21-18(22)11-23-16-5-3-2-4-13(16)9-19/h2-7,10,12,15H,8,11H2,1H3,(H,21,22)/b20-10-/t12-,15-/m0/s1. The summed E-state index contributed by atoms with van der Waals surface area (Å²) >= 11 is 0. The van der Waals surface area contributed by atoms with E-state index in [2.05, 4.69) is 17.5 Å². The summed E-state index contributed by atoms with van der Waals surface area (Å²) in [6.45, 7) is 1.96. The van der Waals surface area contributed by atoms with Crippen molar-refractivity contribution in [2.75, 3.05) is 6.61 Å². The Balaban J connectivity index is 1.47. The highest BCUT2D eigenvalue weighted by atomic mass is 16.5. The number of carbonyl (C=O) groups excluding carboxylic acids is 1. The van der Waals surface area contributed by atoms with Gasteiger partial charge in [0.2, 0.25) is 0 Å². The summed E-state index contributed by atoms with van der Waals surface area (Å²) < 4.78 is 11.0. The number of hydrogen-bond donors (Lipinski definition) is 1. The van der Waals surface area contributed by atoms with Crippen LogP contribution in [0.4, 0.5) is 0 Å².